The molecule has 8 heteroatoms. The van der Waals surface area contributed by atoms with Crippen LogP contribution in [0.2, 0.25) is 0 Å². The van der Waals surface area contributed by atoms with Crippen LogP contribution in [0, 0.1) is 10.1 Å². The van der Waals surface area contributed by atoms with E-state index in [4.69, 9.17) is 4.74 Å². The van der Waals surface area contributed by atoms with Crippen LogP contribution in [-0.4, -0.2) is 27.9 Å². The number of ether oxygens (including phenoxy) is 1. The molecule has 0 fully saturated rings. The summed E-state index contributed by atoms with van der Waals surface area (Å²) in [5, 5.41) is 13.2. The minimum absolute atomic E-state index is 0.0419. The van der Waals surface area contributed by atoms with Crippen molar-refractivity contribution in [2.75, 3.05) is 5.32 Å². The quantitative estimate of drug-likeness (QED) is 0.498. The summed E-state index contributed by atoms with van der Waals surface area (Å²) >= 11 is 0. The average Bonchev–Trinajstić information content (AvgIpc) is 3.01. The molecule has 0 unspecified atom stereocenters. The summed E-state index contributed by atoms with van der Waals surface area (Å²) in [6.07, 6.45) is 0.449. The number of benzene rings is 1. The molecule has 2 rings (SSSR count). The molecule has 1 amide bonds. The second kappa shape index (κ2) is 6.53. The summed E-state index contributed by atoms with van der Waals surface area (Å²) in [6.45, 7) is 1.38. The Hall–Kier alpha value is -3.16. The molecule has 0 aliphatic rings. The predicted octanol–water partition coefficient (Wildman–Crippen LogP) is 2.11. The van der Waals surface area contributed by atoms with Crippen LogP contribution in [0.15, 0.2) is 42.6 Å². The van der Waals surface area contributed by atoms with Crippen molar-refractivity contribution in [3.8, 4) is 0 Å². The van der Waals surface area contributed by atoms with Gasteiger partial charge in [-0.05, 0) is 25.1 Å². The average molecular weight is 303 g/mol. The fraction of sp³-hybridized carbons (Fsp3) is 0.143. The fourth-order valence-corrected chi connectivity index (χ4v) is 1.71. The third-order valence-corrected chi connectivity index (χ3v) is 2.83. The van der Waals surface area contributed by atoms with E-state index in [0.29, 0.717) is 0 Å². The maximum atomic E-state index is 12.0. The Morgan fingerprint density at radius 3 is 2.64 bits per heavy atom. The van der Waals surface area contributed by atoms with Crippen LogP contribution in [-0.2, 0) is 9.53 Å². The van der Waals surface area contributed by atoms with Crippen LogP contribution < -0.4 is 5.32 Å². The summed E-state index contributed by atoms with van der Waals surface area (Å²) < 4.78 is 4.98. The zero-order valence-corrected chi connectivity index (χ0v) is 11.6. The largest absolute Gasteiger partial charge is 0.448 e. The van der Waals surface area contributed by atoms with Crippen molar-refractivity contribution in [1.82, 2.24) is 4.98 Å². The molecule has 0 aliphatic carbocycles. The number of anilines is 1. The van der Waals surface area contributed by atoms with Crippen LogP contribution in [0.1, 0.15) is 17.4 Å². The number of carbonyl (C=O) groups excluding carboxylic acids is 2. The lowest BCUT2D eigenvalue weighted by atomic mass is 10.2. The molecule has 0 radical (unpaired) electrons. The number of aromatic nitrogens is 1. The Bertz CT molecular complexity index is 696. The number of aromatic amines is 1. The molecule has 0 saturated carbocycles. The number of nitro benzene ring substituents is 1. The van der Waals surface area contributed by atoms with Crippen molar-refractivity contribution < 1.29 is 19.2 Å². The highest BCUT2D eigenvalue weighted by molar-refractivity contribution is 5.98. The molecule has 22 heavy (non-hydrogen) atoms. The molecule has 0 saturated heterocycles. The molecule has 0 aliphatic heterocycles. The van der Waals surface area contributed by atoms with Crippen molar-refractivity contribution >= 4 is 23.3 Å². The summed E-state index contributed by atoms with van der Waals surface area (Å²) in [5.41, 5.74) is 0.0179. The van der Waals surface area contributed by atoms with Crippen LogP contribution in [0.25, 0.3) is 0 Å². The number of carbonyl (C=O) groups is 2. The van der Waals surface area contributed by atoms with Gasteiger partial charge >= 0.3 is 5.97 Å². The van der Waals surface area contributed by atoms with Gasteiger partial charge in [0.1, 0.15) is 11.4 Å². The van der Waals surface area contributed by atoms with Crippen LogP contribution in [0.5, 0.6) is 0 Å². The van der Waals surface area contributed by atoms with E-state index in [1.165, 1.54) is 31.2 Å². The molecule has 1 aromatic carbocycles. The number of para-hydroxylation sites is 2. The smallest absolute Gasteiger partial charge is 0.355 e. The minimum Gasteiger partial charge on any atom is -0.448 e. The summed E-state index contributed by atoms with van der Waals surface area (Å²) in [5.74, 6) is -1.34. The highest BCUT2D eigenvalue weighted by atomic mass is 16.6. The summed E-state index contributed by atoms with van der Waals surface area (Å²) in [7, 11) is 0. The van der Waals surface area contributed by atoms with Crippen molar-refractivity contribution in [2.24, 2.45) is 0 Å². The number of nitrogens with one attached hydrogen (secondary N) is 2. The number of amides is 1. The topological polar surface area (TPSA) is 114 Å². The van der Waals surface area contributed by atoms with Crippen molar-refractivity contribution in [3.63, 3.8) is 0 Å². The zero-order chi connectivity index (χ0) is 16.1. The highest BCUT2D eigenvalue weighted by Crippen LogP contribution is 2.23. The SMILES string of the molecule is C[C@H](OC(=O)c1ccc[nH]1)C(=O)Nc1ccccc1[N+](=O)[O-]. The van der Waals surface area contributed by atoms with Gasteiger partial charge < -0.3 is 15.0 Å². The summed E-state index contributed by atoms with van der Waals surface area (Å²) in [6, 6.07) is 8.84. The van der Waals surface area contributed by atoms with Gasteiger partial charge in [0.25, 0.3) is 11.6 Å². The predicted molar refractivity (Wildman–Crippen MR) is 77.4 cm³/mol. The third kappa shape index (κ3) is 3.48. The van der Waals surface area contributed by atoms with Crippen LogP contribution in [0.3, 0.4) is 0 Å². The first kappa shape index (κ1) is 15.2. The van der Waals surface area contributed by atoms with Crippen LogP contribution in [0.4, 0.5) is 11.4 Å². The molecule has 1 heterocycles. The lowest BCUT2D eigenvalue weighted by molar-refractivity contribution is -0.383. The van der Waals surface area contributed by atoms with Gasteiger partial charge in [-0.1, -0.05) is 12.1 Å². The molecule has 114 valence electrons. The molecule has 0 bridgehead atoms. The van der Waals surface area contributed by atoms with E-state index >= 15 is 0 Å². The van der Waals surface area contributed by atoms with Crippen molar-refractivity contribution in [3.05, 3.63) is 58.4 Å². The lowest BCUT2D eigenvalue weighted by Gasteiger charge is -2.13. The van der Waals surface area contributed by atoms with Gasteiger partial charge in [0, 0.05) is 12.3 Å². The molecule has 0 spiro atoms. The first-order valence-electron chi connectivity index (χ1n) is 6.37. The number of hydrogen-bond donors (Lipinski definition) is 2. The van der Waals surface area contributed by atoms with E-state index in [-0.39, 0.29) is 17.1 Å². The molecule has 1 atom stereocenters. The van der Waals surface area contributed by atoms with Gasteiger partial charge in [-0.2, -0.15) is 0 Å². The molecule has 2 aromatic rings. The number of H-pyrrole nitrogens is 1. The molecular weight excluding hydrogens is 290 g/mol. The Kier molecular flexibility index (Phi) is 4.52. The molecule has 2 N–H and O–H groups in total. The van der Waals surface area contributed by atoms with Crippen LogP contribution >= 0.6 is 0 Å². The van der Waals surface area contributed by atoms with E-state index in [1.807, 2.05) is 0 Å². The fourth-order valence-electron chi connectivity index (χ4n) is 1.71. The normalized spacial score (nSPS) is 11.5. The zero-order valence-electron chi connectivity index (χ0n) is 11.6. The second-order valence-corrected chi connectivity index (χ2v) is 4.39. The monoisotopic (exact) mass is 303 g/mol. The minimum atomic E-state index is -1.10. The molecule has 1 aromatic heterocycles. The van der Waals surface area contributed by atoms with Gasteiger partial charge in [-0.15, -0.1) is 0 Å². The Morgan fingerprint density at radius 1 is 1.27 bits per heavy atom. The van der Waals surface area contributed by atoms with E-state index in [1.54, 1.807) is 18.3 Å². The van der Waals surface area contributed by atoms with Gasteiger partial charge in [-0.3, -0.25) is 14.9 Å². The Morgan fingerprint density at radius 2 is 2.00 bits per heavy atom. The first-order valence-corrected chi connectivity index (χ1v) is 6.37. The highest BCUT2D eigenvalue weighted by Gasteiger charge is 2.22. The van der Waals surface area contributed by atoms with Crippen molar-refractivity contribution in [1.29, 1.82) is 0 Å². The Balaban J connectivity index is 2.03. The van der Waals surface area contributed by atoms with Crippen molar-refractivity contribution in [2.45, 2.75) is 13.0 Å². The van der Waals surface area contributed by atoms with Gasteiger partial charge in [0.2, 0.25) is 0 Å². The van der Waals surface area contributed by atoms with E-state index in [0.717, 1.165) is 0 Å². The first-order chi connectivity index (χ1) is 10.5. The maximum Gasteiger partial charge on any atom is 0.355 e. The standard InChI is InChI=1S/C14H13N3O5/c1-9(22-14(19)11-6-4-8-15-11)13(18)16-10-5-2-3-7-12(10)17(20)21/h2-9,15H,1H3,(H,16,18)/t9-/m0/s1. The van der Waals surface area contributed by atoms with E-state index < -0.39 is 22.9 Å². The number of nitrogens with zero attached hydrogens (tertiary/aromatic N) is 1. The van der Waals surface area contributed by atoms with E-state index in [2.05, 4.69) is 10.3 Å². The van der Waals surface area contributed by atoms with E-state index in [9.17, 15) is 19.7 Å². The number of esters is 1. The number of rotatable bonds is 5. The number of hydrogen-bond acceptors (Lipinski definition) is 5. The maximum absolute atomic E-state index is 12.0. The van der Waals surface area contributed by atoms with Gasteiger partial charge in [0.05, 0.1) is 4.92 Å². The number of nitro groups is 1. The third-order valence-electron chi connectivity index (χ3n) is 2.83. The Labute approximate surface area is 125 Å². The molecular formula is C14H13N3O5. The van der Waals surface area contributed by atoms with Gasteiger partial charge in [0.15, 0.2) is 6.10 Å². The molecule has 8 nitrogen and oxygen atoms in total. The second-order valence-electron chi connectivity index (χ2n) is 4.39. The lowest BCUT2D eigenvalue weighted by Crippen LogP contribution is -2.30. The van der Waals surface area contributed by atoms with Gasteiger partial charge in [-0.25, -0.2) is 4.79 Å². The summed E-state index contributed by atoms with van der Waals surface area (Å²) in [4.78, 5) is 36.6.